The summed E-state index contributed by atoms with van der Waals surface area (Å²) in [5.41, 5.74) is 4.75. The van der Waals surface area contributed by atoms with Crippen LogP contribution in [0.1, 0.15) is 10.4 Å². The molecule has 1 amide bonds. The lowest BCUT2D eigenvalue weighted by Crippen LogP contribution is -2.17. The molecule has 4 N–H and O–H groups in total. The number of hydrogen-bond donors (Lipinski definition) is 2. The van der Waals surface area contributed by atoms with Crippen LogP contribution in [0, 0.1) is 10.1 Å². The highest BCUT2D eigenvalue weighted by molar-refractivity contribution is 8.00. The van der Waals surface area contributed by atoms with Crippen molar-refractivity contribution in [3.63, 3.8) is 0 Å². The third-order valence-electron chi connectivity index (χ3n) is 2.07. The van der Waals surface area contributed by atoms with Crippen molar-refractivity contribution in [2.24, 2.45) is 10.9 Å². The van der Waals surface area contributed by atoms with Gasteiger partial charge in [-0.1, -0.05) is 0 Å². The van der Waals surface area contributed by atoms with Crippen molar-refractivity contribution < 1.29 is 18.1 Å². The minimum absolute atomic E-state index is 0.0162. The van der Waals surface area contributed by atoms with Crippen molar-refractivity contribution in [1.82, 2.24) is 0 Å². The molecule has 0 unspecified atom stereocenters. The Morgan fingerprint density at radius 1 is 1.42 bits per heavy atom. The van der Waals surface area contributed by atoms with E-state index in [-0.39, 0.29) is 27.7 Å². The van der Waals surface area contributed by atoms with E-state index in [1.54, 1.807) is 0 Å². The van der Waals surface area contributed by atoms with E-state index in [0.717, 1.165) is 17.8 Å². The van der Waals surface area contributed by atoms with Crippen molar-refractivity contribution in [2.75, 3.05) is 11.5 Å². The Kier molecular flexibility index (Phi) is 4.86. The summed E-state index contributed by atoms with van der Waals surface area (Å²) in [4.78, 5) is 21.4. The van der Waals surface area contributed by atoms with Crippen molar-refractivity contribution in [2.45, 2.75) is 4.90 Å². The SMILES string of the molecule is NC(=O)c1ccc(SCCS(N)(=O)=O)c([N+](=O)[O-])c1. The van der Waals surface area contributed by atoms with Crippen LogP contribution in [0.5, 0.6) is 0 Å². The first-order valence-electron chi connectivity index (χ1n) is 4.92. The van der Waals surface area contributed by atoms with Gasteiger partial charge in [-0.15, -0.1) is 11.8 Å². The molecule has 0 heterocycles. The van der Waals surface area contributed by atoms with Crippen LogP contribution in [-0.4, -0.2) is 30.8 Å². The summed E-state index contributed by atoms with van der Waals surface area (Å²) >= 11 is 0.970. The number of benzene rings is 1. The Morgan fingerprint density at radius 3 is 2.53 bits per heavy atom. The van der Waals surface area contributed by atoms with Gasteiger partial charge in [0.2, 0.25) is 15.9 Å². The fourth-order valence-corrected chi connectivity index (χ4v) is 3.13. The Hall–Kier alpha value is -1.65. The normalized spacial score (nSPS) is 11.2. The fourth-order valence-electron chi connectivity index (χ4n) is 1.20. The predicted molar refractivity (Wildman–Crippen MR) is 70.3 cm³/mol. The van der Waals surface area contributed by atoms with Crippen molar-refractivity contribution in [3.05, 3.63) is 33.9 Å². The predicted octanol–water partition coefficient (Wildman–Crippen LogP) is 0.0743. The fraction of sp³-hybridized carbons (Fsp3) is 0.222. The van der Waals surface area contributed by atoms with Gasteiger partial charge in [0, 0.05) is 17.4 Å². The van der Waals surface area contributed by atoms with E-state index in [1.807, 2.05) is 0 Å². The molecule has 0 radical (unpaired) electrons. The molecule has 0 aliphatic carbocycles. The molecule has 1 aromatic rings. The van der Waals surface area contributed by atoms with Crippen LogP contribution in [0.4, 0.5) is 5.69 Å². The van der Waals surface area contributed by atoms with Gasteiger partial charge in [0.25, 0.3) is 5.69 Å². The molecule has 8 nitrogen and oxygen atoms in total. The lowest BCUT2D eigenvalue weighted by atomic mass is 10.2. The van der Waals surface area contributed by atoms with Gasteiger partial charge in [0.15, 0.2) is 0 Å². The molecule has 0 atom stereocenters. The van der Waals surface area contributed by atoms with Crippen LogP contribution in [0.2, 0.25) is 0 Å². The third kappa shape index (κ3) is 4.85. The highest BCUT2D eigenvalue weighted by Crippen LogP contribution is 2.30. The molecule has 0 fully saturated rings. The molecule has 0 aliphatic rings. The molecule has 0 saturated carbocycles. The minimum Gasteiger partial charge on any atom is -0.366 e. The second-order valence-corrected chi connectivity index (χ2v) is 6.39. The maximum absolute atomic E-state index is 10.9. The summed E-state index contributed by atoms with van der Waals surface area (Å²) in [5, 5.41) is 15.7. The zero-order chi connectivity index (χ0) is 14.6. The molecular formula is C9H11N3O5S2. The summed E-state index contributed by atoms with van der Waals surface area (Å²) in [6.07, 6.45) is 0. The van der Waals surface area contributed by atoms with Gasteiger partial charge in [-0.25, -0.2) is 13.6 Å². The van der Waals surface area contributed by atoms with Gasteiger partial charge < -0.3 is 5.73 Å². The Labute approximate surface area is 113 Å². The molecule has 10 heteroatoms. The second-order valence-electron chi connectivity index (χ2n) is 3.52. The number of nitro groups is 1. The first kappa shape index (κ1) is 15.4. The van der Waals surface area contributed by atoms with Gasteiger partial charge >= 0.3 is 0 Å². The molecular weight excluding hydrogens is 294 g/mol. The smallest absolute Gasteiger partial charge is 0.283 e. The summed E-state index contributed by atoms with van der Waals surface area (Å²) in [6, 6.07) is 3.75. The Balaban J connectivity index is 2.94. The standard InChI is InChI=1S/C9H11N3O5S2/c10-9(13)6-1-2-8(7(5-6)12(14)15)18-3-4-19(11,16)17/h1-2,5H,3-4H2,(H2,10,13)(H2,11,16,17). The highest BCUT2D eigenvalue weighted by atomic mass is 32.2. The number of carbonyl (C=O) groups excluding carboxylic acids is 1. The molecule has 0 bridgehead atoms. The highest BCUT2D eigenvalue weighted by Gasteiger charge is 2.17. The molecule has 0 aromatic heterocycles. The first-order chi connectivity index (χ1) is 8.70. The summed E-state index contributed by atoms with van der Waals surface area (Å²) in [7, 11) is -3.61. The number of hydrogen-bond acceptors (Lipinski definition) is 6. The molecule has 19 heavy (non-hydrogen) atoms. The Bertz CT molecular complexity index is 614. The van der Waals surface area contributed by atoms with Crippen LogP contribution in [-0.2, 0) is 10.0 Å². The number of sulfonamides is 1. The average Bonchev–Trinajstić information content (AvgIpc) is 2.27. The average molecular weight is 305 g/mol. The molecule has 1 aromatic carbocycles. The maximum atomic E-state index is 10.9. The molecule has 0 saturated heterocycles. The number of nitrogens with zero attached hydrogens (tertiary/aromatic N) is 1. The number of nitro benzene ring substituents is 1. The molecule has 0 spiro atoms. The number of primary amides is 1. The van der Waals surface area contributed by atoms with Gasteiger partial charge in [-0.3, -0.25) is 14.9 Å². The quantitative estimate of drug-likeness (QED) is 0.432. The van der Waals surface area contributed by atoms with Crippen LogP contribution in [0.15, 0.2) is 23.1 Å². The molecule has 0 aliphatic heterocycles. The minimum atomic E-state index is -3.61. The lowest BCUT2D eigenvalue weighted by molar-refractivity contribution is -0.387. The number of thioether (sulfide) groups is 1. The zero-order valence-corrected chi connectivity index (χ0v) is 11.2. The second kappa shape index (κ2) is 5.99. The van der Waals surface area contributed by atoms with E-state index >= 15 is 0 Å². The number of rotatable bonds is 6. The molecule has 104 valence electrons. The van der Waals surface area contributed by atoms with E-state index in [4.69, 9.17) is 10.9 Å². The van der Waals surface area contributed by atoms with E-state index in [2.05, 4.69) is 0 Å². The molecule has 1 rings (SSSR count). The van der Waals surface area contributed by atoms with Gasteiger partial charge in [0.1, 0.15) is 0 Å². The van der Waals surface area contributed by atoms with Crippen LogP contribution < -0.4 is 10.9 Å². The number of nitrogens with two attached hydrogens (primary N) is 2. The number of carbonyl (C=O) groups is 1. The number of primary sulfonamides is 1. The summed E-state index contributed by atoms with van der Waals surface area (Å²) in [6.45, 7) is 0. The monoisotopic (exact) mass is 305 g/mol. The van der Waals surface area contributed by atoms with Crippen molar-refractivity contribution in [1.29, 1.82) is 0 Å². The third-order valence-corrected chi connectivity index (χ3v) is 4.16. The van der Waals surface area contributed by atoms with Gasteiger partial charge in [0.05, 0.1) is 15.6 Å². The van der Waals surface area contributed by atoms with Gasteiger partial charge in [-0.2, -0.15) is 0 Å². The zero-order valence-electron chi connectivity index (χ0n) is 9.61. The summed E-state index contributed by atoms with van der Waals surface area (Å²) in [5.74, 6) is -0.994. The van der Waals surface area contributed by atoms with E-state index in [0.29, 0.717) is 0 Å². The first-order valence-corrected chi connectivity index (χ1v) is 7.62. The van der Waals surface area contributed by atoms with E-state index in [9.17, 15) is 23.3 Å². The Morgan fingerprint density at radius 2 is 2.05 bits per heavy atom. The maximum Gasteiger partial charge on any atom is 0.283 e. The van der Waals surface area contributed by atoms with Crippen molar-refractivity contribution >= 4 is 33.4 Å². The largest absolute Gasteiger partial charge is 0.366 e. The van der Waals surface area contributed by atoms with Crippen LogP contribution in [0.3, 0.4) is 0 Å². The van der Waals surface area contributed by atoms with Gasteiger partial charge in [-0.05, 0) is 12.1 Å². The van der Waals surface area contributed by atoms with E-state index < -0.39 is 20.9 Å². The van der Waals surface area contributed by atoms with E-state index in [1.165, 1.54) is 12.1 Å². The topological polar surface area (TPSA) is 146 Å². The van der Waals surface area contributed by atoms with Crippen molar-refractivity contribution in [3.8, 4) is 0 Å². The van der Waals surface area contributed by atoms with Crippen LogP contribution in [0.25, 0.3) is 0 Å². The van der Waals surface area contributed by atoms with Crippen LogP contribution >= 0.6 is 11.8 Å². The number of amides is 1. The summed E-state index contributed by atoms with van der Waals surface area (Å²) < 4.78 is 21.5. The lowest BCUT2D eigenvalue weighted by Gasteiger charge is -2.03.